The fourth-order valence-electron chi connectivity index (χ4n) is 7.35. The first-order valence-corrected chi connectivity index (χ1v) is 18.5. The van der Waals surface area contributed by atoms with E-state index in [2.05, 4.69) is 205 Å². The van der Waals surface area contributed by atoms with Gasteiger partial charge < -0.3 is 4.90 Å². The molecule has 0 saturated carbocycles. The van der Waals surface area contributed by atoms with Gasteiger partial charge in [-0.05, 0) is 114 Å². The van der Waals surface area contributed by atoms with Crippen LogP contribution in [0.3, 0.4) is 0 Å². The largest absolute Gasteiger partial charge is 0.310 e. The highest BCUT2D eigenvalue weighted by atomic mass is 15.1. The van der Waals surface area contributed by atoms with Crippen LogP contribution in [0, 0.1) is 0 Å². The van der Waals surface area contributed by atoms with Crippen molar-refractivity contribution in [3.8, 4) is 22.3 Å². The standard InChI is InChI=1S/C49H59N/c1-45(2,3)34-25-33(26-35(27-34)46(4,5)6)32-19-21-38(22-20-32)50(40-29-36(47(7,8)9)28-37(30-40)48(10,11)12)39-23-24-42-41-17-15-16-18-43(41)49(13,14)44(42)31-39/h15-31H,1-14H3. The summed E-state index contributed by atoms with van der Waals surface area (Å²) in [5.74, 6) is 0. The normalized spacial score (nSPS) is 14.4. The third kappa shape index (κ3) is 6.69. The topological polar surface area (TPSA) is 3.24 Å². The summed E-state index contributed by atoms with van der Waals surface area (Å²) in [4.78, 5) is 2.49. The molecule has 50 heavy (non-hydrogen) atoms. The lowest BCUT2D eigenvalue weighted by Gasteiger charge is -2.32. The van der Waals surface area contributed by atoms with Gasteiger partial charge in [-0.3, -0.25) is 0 Å². The molecule has 0 bridgehead atoms. The zero-order valence-electron chi connectivity index (χ0n) is 33.3. The van der Waals surface area contributed by atoms with Crippen molar-refractivity contribution in [1.29, 1.82) is 0 Å². The minimum atomic E-state index is -0.0792. The molecule has 5 aromatic rings. The number of nitrogens with zero attached hydrogens (tertiary/aromatic N) is 1. The van der Waals surface area contributed by atoms with E-state index >= 15 is 0 Å². The van der Waals surface area contributed by atoms with Crippen molar-refractivity contribution in [2.75, 3.05) is 4.90 Å². The van der Waals surface area contributed by atoms with E-state index in [0.717, 1.165) is 5.69 Å². The molecule has 0 radical (unpaired) electrons. The highest BCUT2D eigenvalue weighted by Gasteiger charge is 2.36. The van der Waals surface area contributed by atoms with Gasteiger partial charge in [0.1, 0.15) is 0 Å². The van der Waals surface area contributed by atoms with Gasteiger partial charge in [-0.15, -0.1) is 0 Å². The van der Waals surface area contributed by atoms with Gasteiger partial charge in [0.2, 0.25) is 0 Å². The van der Waals surface area contributed by atoms with Gasteiger partial charge in [0.15, 0.2) is 0 Å². The molecule has 1 nitrogen and oxygen atoms in total. The van der Waals surface area contributed by atoms with Crippen molar-refractivity contribution in [2.45, 2.75) is 124 Å². The fourth-order valence-corrected chi connectivity index (χ4v) is 7.35. The van der Waals surface area contributed by atoms with Gasteiger partial charge in [0, 0.05) is 22.5 Å². The smallest absolute Gasteiger partial charge is 0.0467 e. The first kappa shape index (κ1) is 35.7. The highest BCUT2D eigenvalue weighted by molar-refractivity contribution is 5.86. The molecule has 0 N–H and O–H groups in total. The van der Waals surface area contributed by atoms with E-state index in [0.29, 0.717) is 0 Å². The second-order valence-electron chi connectivity index (χ2n) is 19.4. The van der Waals surface area contributed by atoms with Crippen LogP contribution in [0.25, 0.3) is 22.3 Å². The molecule has 1 aliphatic carbocycles. The monoisotopic (exact) mass is 661 g/mol. The molecule has 1 aliphatic rings. The lowest BCUT2D eigenvalue weighted by Crippen LogP contribution is -2.19. The second-order valence-corrected chi connectivity index (χ2v) is 19.4. The van der Waals surface area contributed by atoms with Crippen molar-refractivity contribution in [1.82, 2.24) is 0 Å². The summed E-state index contributed by atoms with van der Waals surface area (Å²) in [5.41, 5.74) is 17.1. The molecule has 0 unspecified atom stereocenters. The number of fused-ring (bicyclic) bond motifs is 3. The van der Waals surface area contributed by atoms with Crippen LogP contribution in [-0.4, -0.2) is 0 Å². The van der Waals surface area contributed by atoms with Gasteiger partial charge in [0.05, 0.1) is 0 Å². The van der Waals surface area contributed by atoms with Gasteiger partial charge in [0.25, 0.3) is 0 Å². The number of anilines is 3. The van der Waals surface area contributed by atoms with Crippen LogP contribution < -0.4 is 4.90 Å². The molecule has 0 atom stereocenters. The van der Waals surface area contributed by atoms with E-state index in [4.69, 9.17) is 0 Å². The van der Waals surface area contributed by atoms with Gasteiger partial charge in [-0.25, -0.2) is 0 Å². The van der Waals surface area contributed by atoms with Crippen LogP contribution in [0.2, 0.25) is 0 Å². The summed E-state index contributed by atoms with van der Waals surface area (Å²) >= 11 is 0. The van der Waals surface area contributed by atoms with Crippen LogP contribution in [-0.2, 0) is 27.1 Å². The lowest BCUT2D eigenvalue weighted by atomic mass is 9.79. The molecule has 0 aromatic heterocycles. The summed E-state index contributed by atoms with van der Waals surface area (Å²) in [5, 5.41) is 0. The Morgan fingerprint density at radius 3 is 1.32 bits per heavy atom. The Morgan fingerprint density at radius 2 is 0.820 bits per heavy atom. The highest BCUT2D eigenvalue weighted by Crippen LogP contribution is 2.51. The molecule has 6 rings (SSSR count). The maximum Gasteiger partial charge on any atom is 0.0467 e. The molecule has 0 heterocycles. The van der Waals surface area contributed by atoms with Crippen molar-refractivity contribution >= 4 is 17.1 Å². The van der Waals surface area contributed by atoms with E-state index < -0.39 is 0 Å². The van der Waals surface area contributed by atoms with Crippen LogP contribution in [0.1, 0.15) is 130 Å². The average molecular weight is 662 g/mol. The number of benzene rings is 5. The Labute approximate surface area is 303 Å². The molecular formula is C49H59N. The zero-order chi connectivity index (χ0) is 36.6. The van der Waals surface area contributed by atoms with Crippen LogP contribution >= 0.6 is 0 Å². The van der Waals surface area contributed by atoms with Crippen molar-refractivity contribution in [3.05, 3.63) is 137 Å². The predicted octanol–water partition coefficient (Wildman–Crippen LogP) is 14.3. The van der Waals surface area contributed by atoms with E-state index in [1.807, 2.05) is 0 Å². The first-order valence-electron chi connectivity index (χ1n) is 18.5. The molecule has 260 valence electrons. The molecule has 0 saturated heterocycles. The van der Waals surface area contributed by atoms with Gasteiger partial charge in [-0.1, -0.05) is 164 Å². The third-order valence-corrected chi connectivity index (χ3v) is 10.9. The van der Waals surface area contributed by atoms with Crippen molar-refractivity contribution < 1.29 is 0 Å². The Morgan fingerprint density at radius 1 is 0.380 bits per heavy atom. The summed E-state index contributed by atoms with van der Waals surface area (Å²) < 4.78 is 0. The first-order chi connectivity index (χ1) is 23.0. The van der Waals surface area contributed by atoms with Crippen molar-refractivity contribution in [2.24, 2.45) is 0 Å². The van der Waals surface area contributed by atoms with Crippen molar-refractivity contribution in [3.63, 3.8) is 0 Å². The maximum atomic E-state index is 2.49. The zero-order valence-corrected chi connectivity index (χ0v) is 33.3. The Bertz CT molecular complexity index is 1980. The van der Waals surface area contributed by atoms with Gasteiger partial charge >= 0.3 is 0 Å². The van der Waals surface area contributed by atoms with Crippen LogP contribution in [0.4, 0.5) is 17.1 Å². The fraction of sp³-hybridized carbons (Fsp3) is 0.388. The second kappa shape index (κ2) is 12.0. The molecule has 1 heteroatoms. The lowest BCUT2D eigenvalue weighted by molar-refractivity contribution is 0.568. The SMILES string of the molecule is CC(C)(C)c1cc(-c2ccc(N(c3cc(C(C)(C)C)cc(C(C)(C)C)c3)c3ccc4c(c3)C(C)(C)c3ccccc3-4)cc2)cc(C(C)(C)C)c1. The average Bonchev–Trinajstić information content (AvgIpc) is 3.25. The number of rotatable bonds is 4. The number of hydrogen-bond acceptors (Lipinski definition) is 1. The molecule has 0 spiro atoms. The van der Waals surface area contributed by atoms with Crippen LogP contribution in [0.5, 0.6) is 0 Å². The molecule has 5 aromatic carbocycles. The van der Waals surface area contributed by atoms with E-state index in [9.17, 15) is 0 Å². The Balaban J connectivity index is 1.55. The summed E-state index contributed by atoms with van der Waals surface area (Å²) in [6, 6.07) is 39.8. The number of hydrogen-bond donors (Lipinski definition) is 0. The Hall–Kier alpha value is -4.10. The maximum absolute atomic E-state index is 2.49. The quantitative estimate of drug-likeness (QED) is 0.185. The molecule has 0 amide bonds. The summed E-state index contributed by atoms with van der Waals surface area (Å²) in [7, 11) is 0. The van der Waals surface area contributed by atoms with E-state index in [-0.39, 0.29) is 27.1 Å². The summed E-state index contributed by atoms with van der Waals surface area (Å²) in [6.45, 7) is 32.6. The molecule has 0 aliphatic heterocycles. The van der Waals surface area contributed by atoms with Gasteiger partial charge in [-0.2, -0.15) is 0 Å². The predicted molar refractivity (Wildman–Crippen MR) is 219 cm³/mol. The third-order valence-electron chi connectivity index (χ3n) is 10.9. The minimum absolute atomic E-state index is 0.00986. The molecule has 0 fully saturated rings. The van der Waals surface area contributed by atoms with E-state index in [1.54, 1.807) is 0 Å². The minimum Gasteiger partial charge on any atom is -0.310 e. The Kier molecular flexibility index (Phi) is 8.58. The van der Waals surface area contributed by atoms with E-state index in [1.165, 1.54) is 67.0 Å². The van der Waals surface area contributed by atoms with Crippen LogP contribution in [0.15, 0.2) is 103 Å². The molecular weight excluding hydrogens is 603 g/mol. The summed E-state index contributed by atoms with van der Waals surface area (Å²) in [6.07, 6.45) is 0.